The van der Waals surface area contributed by atoms with Gasteiger partial charge in [0.2, 0.25) is 15.0 Å². The van der Waals surface area contributed by atoms with Crippen molar-refractivity contribution in [1.82, 2.24) is 24.2 Å². The van der Waals surface area contributed by atoms with Gasteiger partial charge in [0.15, 0.2) is 0 Å². The third kappa shape index (κ3) is 4.41. The standard InChI is InChI=1S/C20H31N5O3S/c1-14-19(15(2)23(3)22-14)13-24(16-7-8-16)11-17-10-21-20(29(4,26)27)25(17)12-18-6-5-9-28-18/h10,16,18H,5-9,11-13H2,1-4H3. The first kappa shape index (κ1) is 20.6. The molecule has 1 saturated carbocycles. The van der Waals surface area contributed by atoms with Crippen molar-refractivity contribution in [2.75, 3.05) is 12.9 Å². The van der Waals surface area contributed by atoms with E-state index in [1.807, 2.05) is 16.3 Å². The molecule has 9 heteroatoms. The molecule has 8 nitrogen and oxygen atoms in total. The number of nitrogens with zero attached hydrogens (tertiary/aromatic N) is 5. The first-order chi connectivity index (χ1) is 13.7. The molecule has 0 aromatic carbocycles. The van der Waals surface area contributed by atoms with E-state index in [0.717, 1.165) is 37.4 Å². The van der Waals surface area contributed by atoms with Gasteiger partial charge in [-0.3, -0.25) is 9.58 Å². The van der Waals surface area contributed by atoms with E-state index in [1.54, 1.807) is 6.20 Å². The molecule has 0 radical (unpaired) electrons. The van der Waals surface area contributed by atoms with Crippen molar-refractivity contribution in [3.05, 3.63) is 28.8 Å². The van der Waals surface area contributed by atoms with Crippen LogP contribution in [0.15, 0.2) is 11.4 Å². The summed E-state index contributed by atoms with van der Waals surface area (Å²) in [5, 5.41) is 4.70. The molecule has 1 aliphatic carbocycles. The summed E-state index contributed by atoms with van der Waals surface area (Å²) in [5.74, 6) is 0. The van der Waals surface area contributed by atoms with E-state index in [9.17, 15) is 8.42 Å². The van der Waals surface area contributed by atoms with Gasteiger partial charge in [-0.2, -0.15) is 5.10 Å². The normalized spacial score (nSPS) is 20.1. The quantitative estimate of drug-likeness (QED) is 0.648. The van der Waals surface area contributed by atoms with Crippen molar-refractivity contribution in [3.8, 4) is 0 Å². The second-order valence-electron chi connectivity index (χ2n) is 8.46. The van der Waals surface area contributed by atoms with E-state index in [2.05, 4.69) is 28.8 Å². The van der Waals surface area contributed by atoms with Crippen LogP contribution in [0.25, 0.3) is 0 Å². The summed E-state index contributed by atoms with van der Waals surface area (Å²) in [6, 6.07) is 0.529. The number of hydrogen-bond acceptors (Lipinski definition) is 6. The average molecular weight is 422 g/mol. The molecule has 2 aromatic rings. The maximum Gasteiger partial charge on any atom is 0.227 e. The van der Waals surface area contributed by atoms with Gasteiger partial charge in [0.05, 0.1) is 30.2 Å². The number of imidazole rings is 1. The van der Waals surface area contributed by atoms with Crippen molar-refractivity contribution >= 4 is 9.84 Å². The molecule has 1 aliphatic heterocycles. The zero-order valence-electron chi connectivity index (χ0n) is 17.8. The predicted octanol–water partition coefficient (Wildman–Crippen LogP) is 1.98. The number of aryl methyl sites for hydroxylation is 2. The van der Waals surface area contributed by atoms with Gasteiger partial charge in [0.1, 0.15) is 0 Å². The van der Waals surface area contributed by atoms with Gasteiger partial charge in [-0.1, -0.05) is 0 Å². The largest absolute Gasteiger partial charge is 0.376 e. The topological polar surface area (TPSA) is 82.3 Å². The van der Waals surface area contributed by atoms with Crippen LogP contribution in [-0.4, -0.2) is 57.7 Å². The van der Waals surface area contributed by atoms with Crippen LogP contribution in [0.5, 0.6) is 0 Å². The second-order valence-corrected chi connectivity index (χ2v) is 10.4. The maximum absolute atomic E-state index is 12.3. The van der Waals surface area contributed by atoms with Crippen LogP contribution in [0.1, 0.15) is 48.3 Å². The summed E-state index contributed by atoms with van der Waals surface area (Å²) < 4.78 is 34.2. The van der Waals surface area contributed by atoms with Gasteiger partial charge in [-0.05, 0) is 39.5 Å². The van der Waals surface area contributed by atoms with E-state index in [0.29, 0.717) is 19.1 Å². The van der Waals surface area contributed by atoms with E-state index in [1.165, 1.54) is 30.4 Å². The van der Waals surface area contributed by atoms with Gasteiger partial charge >= 0.3 is 0 Å². The Bertz CT molecular complexity index is 984. The lowest BCUT2D eigenvalue weighted by atomic mass is 10.1. The molecule has 4 rings (SSSR count). The molecule has 2 aromatic heterocycles. The molecule has 3 heterocycles. The molecule has 0 spiro atoms. The highest BCUT2D eigenvalue weighted by Crippen LogP contribution is 2.31. The number of hydrogen-bond donors (Lipinski definition) is 0. The number of sulfone groups is 1. The highest BCUT2D eigenvalue weighted by molar-refractivity contribution is 7.90. The third-order valence-corrected chi connectivity index (χ3v) is 7.08. The Hall–Kier alpha value is -1.71. The van der Waals surface area contributed by atoms with Crippen molar-refractivity contribution in [1.29, 1.82) is 0 Å². The summed E-state index contributed by atoms with van der Waals surface area (Å²) >= 11 is 0. The van der Waals surface area contributed by atoms with E-state index >= 15 is 0 Å². The van der Waals surface area contributed by atoms with Gasteiger partial charge in [0, 0.05) is 50.3 Å². The summed E-state index contributed by atoms with van der Waals surface area (Å²) in [6.45, 7) is 6.93. The zero-order chi connectivity index (χ0) is 20.8. The number of rotatable bonds is 8. The second kappa shape index (κ2) is 7.85. The molecule has 1 unspecified atom stereocenters. The minimum Gasteiger partial charge on any atom is -0.376 e. The van der Waals surface area contributed by atoms with Crippen LogP contribution in [-0.2, 0) is 41.3 Å². The highest BCUT2D eigenvalue weighted by Gasteiger charge is 2.32. The van der Waals surface area contributed by atoms with Crippen molar-refractivity contribution < 1.29 is 13.2 Å². The fourth-order valence-electron chi connectivity index (χ4n) is 4.21. The van der Waals surface area contributed by atoms with Crippen LogP contribution in [0.3, 0.4) is 0 Å². The molecule has 1 saturated heterocycles. The van der Waals surface area contributed by atoms with E-state index < -0.39 is 9.84 Å². The van der Waals surface area contributed by atoms with Crippen LogP contribution in [0.4, 0.5) is 0 Å². The Morgan fingerprint density at radius 2 is 2.00 bits per heavy atom. The Morgan fingerprint density at radius 1 is 1.24 bits per heavy atom. The summed E-state index contributed by atoms with van der Waals surface area (Å²) in [5.41, 5.74) is 4.43. The molecule has 0 bridgehead atoms. The Morgan fingerprint density at radius 3 is 2.55 bits per heavy atom. The average Bonchev–Trinajstić information content (AvgIpc) is 3.12. The Kier molecular flexibility index (Phi) is 5.56. The smallest absolute Gasteiger partial charge is 0.227 e. The first-order valence-electron chi connectivity index (χ1n) is 10.3. The SMILES string of the molecule is Cc1nn(C)c(C)c1CN(Cc1cnc(S(C)(=O)=O)n1CC1CCCO1)C1CC1. The molecule has 29 heavy (non-hydrogen) atoms. The third-order valence-electron chi connectivity index (χ3n) is 6.09. The molecule has 0 N–H and O–H groups in total. The van der Waals surface area contributed by atoms with Crippen molar-refractivity contribution in [3.63, 3.8) is 0 Å². The maximum atomic E-state index is 12.3. The van der Waals surface area contributed by atoms with Crippen molar-refractivity contribution in [2.45, 2.75) is 76.5 Å². The molecular formula is C20H31N5O3S. The molecule has 0 amide bonds. The highest BCUT2D eigenvalue weighted by atomic mass is 32.2. The number of ether oxygens (including phenoxy) is 1. The predicted molar refractivity (Wildman–Crippen MR) is 109 cm³/mol. The van der Waals surface area contributed by atoms with Gasteiger partial charge in [0.25, 0.3) is 0 Å². The van der Waals surface area contributed by atoms with E-state index in [-0.39, 0.29) is 11.3 Å². The fourth-order valence-corrected chi connectivity index (χ4v) is 5.05. The van der Waals surface area contributed by atoms with Crippen LogP contribution >= 0.6 is 0 Å². The molecular weight excluding hydrogens is 390 g/mol. The first-order valence-corrected chi connectivity index (χ1v) is 12.2. The fraction of sp³-hybridized carbons (Fsp3) is 0.700. The Labute approximate surface area is 172 Å². The van der Waals surface area contributed by atoms with E-state index in [4.69, 9.17) is 4.74 Å². The number of aromatic nitrogens is 4. The van der Waals surface area contributed by atoms with Crippen LogP contribution in [0.2, 0.25) is 0 Å². The van der Waals surface area contributed by atoms with Gasteiger partial charge in [-0.15, -0.1) is 0 Å². The van der Waals surface area contributed by atoms with Gasteiger partial charge in [-0.25, -0.2) is 13.4 Å². The zero-order valence-corrected chi connectivity index (χ0v) is 18.6. The monoisotopic (exact) mass is 421 g/mol. The Balaban J connectivity index is 1.61. The molecule has 1 atom stereocenters. The summed E-state index contributed by atoms with van der Waals surface area (Å²) in [7, 11) is -1.42. The lowest BCUT2D eigenvalue weighted by molar-refractivity contribution is 0.0930. The minimum atomic E-state index is -3.40. The summed E-state index contributed by atoms with van der Waals surface area (Å²) in [4.78, 5) is 6.72. The minimum absolute atomic E-state index is 0.0561. The molecule has 2 fully saturated rings. The summed E-state index contributed by atoms with van der Waals surface area (Å²) in [6.07, 6.45) is 7.35. The van der Waals surface area contributed by atoms with Crippen molar-refractivity contribution in [2.24, 2.45) is 7.05 Å². The lowest BCUT2D eigenvalue weighted by Crippen LogP contribution is -2.28. The van der Waals surface area contributed by atoms with Crippen LogP contribution < -0.4 is 0 Å². The van der Waals surface area contributed by atoms with Crippen LogP contribution in [0, 0.1) is 13.8 Å². The van der Waals surface area contributed by atoms with Gasteiger partial charge < -0.3 is 9.30 Å². The molecule has 160 valence electrons. The lowest BCUT2D eigenvalue weighted by Gasteiger charge is -2.24. The molecule has 2 aliphatic rings.